The SMILES string of the molecule is O=Cc1ccc2[nH]c(I)cc2c1. The molecule has 0 amide bonds. The number of H-pyrrole nitrogens is 1. The Bertz CT molecular complexity index is 433. The van der Waals surface area contributed by atoms with Crippen molar-refractivity contribution in [2.75, 3.05) is 0 Å². The van der Waals surface area contributed by atoms with Crippen LogP contribution in [0.25, 0.3) is 10.9 Å². The number of rotatable bonds is 1. The lowest BCUT2D eigenvalue weighted by Crippen LogP contribution is -1.76. The summed E-state index contributed by atoms with van der Waals surface area (Å²) in [6, 6.07) is 7.62. The normalized spacial score (nSPS) is 10.4. The van der Waals surface area contributed by atoms with Crippen molar-refractivity contribution in [3.05, 3.63) is 33.5 Å². The summed E-state index contributed by atoms with van der Waals surface area (Å²) in [7, 11) is 0. The molecule has 12 heavy (non-hydrogen) atoms. The molecule has 0 aliphatic carbocycles. The second-order valence-electron chi connectivity index (χ2n) is 2.58. The van der Waals surface area contributed by atoms with E-state index in [2.05, 4.69) is 27.6 Å². The standard InChI is InChI=1S/C9H6INO/c10-9-4-7-3-6(5-12)1-2-8(7)11-9/h1-5,11H. The molecular weight excluding hydrogens is 265 g/mol. The third-order valence-corrected chi connectivity index (χ3v) is 2.33. The van der Waals surface area contributed by atoms with Crippen molar-refractivity contribution in [1.29, 1.82) is 0 Å². The van der Waals surface area contributed by atoms with Crippen LogP contribution in [0.4, 0.5) is 0 Å². The van der Waals surface area contributed by atoms with Crippen molar-refractivity contribution < 1.29 is 4.79 Å². The van der Waals surface area contributed by atoms with E-state index in [1.54, 1.807) is 0 Å². The first-order chi connectivity index (χ1) is 5.79. The summed E-state index contributed by atoms with van der Waals surface area (Å²) < 4.78 is 1.09. The average Bonchev–Trinajstić information content (AvgIpc) is 2.43. The van der Waals surface area contributed by atoms with Gasteiger partial charge in [-0.3, -0.25) is 4.79 Å². The van der Waals surface area contributed by atoms with Crippen molar-refractivity contribution >= 4 is 39.8 Å². The topological polar surface area (TPSA) is 32.9 Å². The summed E-state index contributed by atoms with van der Waals surface area (Å²) in [5.74, 6) is 0. The summed E-state index contributed by atoms with van der Waals surface area (Å²) in [5, 5.41) is 1.09. The Morgan fingerprint density at radius 1 is 1.33 bits per heavy atom. The van der Waals surface area contributed by atoms with Gasteiger partial charge < -0.3 is 4.98 Å². The molecule has 1 aromatic heterocycles. The highest BCUT2D eigenvalue weighted by molar-refractivity contribution is 14.1. The number of carbonyl (C=O) groups is 1. The zero-order valence-electron chi connectivity index (χ0n) is 6.17. The molecule has 1 N–H and O–H groups in total. The Hall–Kier alpha value is -0.840. The number of carbonyl (C=O) groups excluding carboxylic acids is 1. The van der Waals surface area contributed by atoms with Gasteiger partial charge >= 0.3 is 0 Å². The Kier molecular flexibility index (Phi) is 1.88. The first kappa shape index (κ1) is 7.79. The fourth-order valence-corrected chi connectivity index (χ4v) is 1.82. The van der Waals surface area contributed by atoms with Gasteiger partial charge in [-0.15, -0.1) is 0 Å². The van der Waals surface area contributed by atoms with E-state index >= 15 is 0 Å². The largest absolute Gasteiger partial charge is 0.350 e. The first-order valence-electron chi connectivity index (χ1n) is 3.53. The van der Waals surface area contributed by atoms with Gasteiger partial charge in [-0.25, -0.2) is 0 Å². The summed E-state index contributed by atoms with van der Waals surface area (Å²) >= 11 is 2.21. The molecule has 2 aromatic rings. The van der Waals surface area contributed by atoms with Crippen LogP contribution in [-0.2, 0) is 0 Å². The summed E-state index contributed by atoms with van der Waals surface area (Å²) in [4.78, 5) is 13.6. The lowest BCUT2D eigenvalue weighted by molar-refractivity contribution is 0.112. The molecule has 2 rings (SSSR count). The maximum Gasteiger partial charge on any atom is 0.150 e. The monoisotopic (exact) mass is 271 g/mol. The molecule has 0 bridgehead atoms. The van der Waals surface area contributed by atoms with Gasteiger partial charge in [0.1, 0.15) is 6.29 Å². The molecule has 60 valence electrons. The van der Waals surface area contributed by atoms with Crippen LogP contribution in [-0.4, -0.2) is 11.3 Å². The van der Waals surface area contributed by atoms with Crippen LogP contribution in [0, 0.1) is 3.70 Å². The van der Waals surface area contributed by atoms with Crippen LogP contribution in [0.2, 0.25) is 0 Å². The summed E-state index contributed by atoms with van der Waals surface area (Å²) in [5.41, 5.74) is 1.79. The van der Waals surface area contributed by atoms with Crippen LogP contribution in [0.5, 0.6) is 0 Å². The van der Waals surface area contributed by atoms with E-state index in [-0.39, 0.29) is 0 Å². The Morgan fingerprint density at radius 3 is 2.92 bits per heavy atom. The minimum Gasteiger partial charge on any atom is -0.350 e. The molecule has 0 aliphatic heterocycles. The number of hydrogen-bond acceptors (Lipinski definition) is 1. The Morgan fingerprint density at radius 2 is 2.17 bits per heavy atom. The van der Waals surface area contributed by atoms with E-state index in [4.69, 9.17) is 0 Å². The second-order valence-corrected chi connectivity index (χ2v) is 3.74. The molecule has 0 unspecified atom stereocenters. The van der Waals surface area contributed by atoms with Crippen molar-refractivity contribution in [3.8, 4) is 0 Å². The van der Waals surface area contributed by atoms with Crippen molar-refractivity contribution in [1.82, 2.24) is 4.98 Å². The number of fused-ring (bicyclic) bond motifs is 1. The van der Waals surface area contributed by atoms with E-state index in [9.17, 15) is 4.79 Å². The quantitative estimate of drug-likeness (QED) is 0.627. The number of aromatic nitrogens is 1. The van der Waals surface area contributed by atoms with Crippen LogP contribution < -0.4 is 0 Å². The average molecular weight is 271 g/mol. The Balaban J connectivity index is 2.74. The van der Waals surface area contributed by atoms with E-state index < -0.39 is 0 Å². The Labute approximate surface area is 83.1 Å². The van der Waals surface area contributed by atoms with Crippen molar-refractivity contribution in [3.63, 3.8) is 0 Å². The third kappa shape index (κ3) is 1.24. The van der Waals surface area contributed by atoms with Gasteiger partial charge in [0.2, 0.25) is 0 Å². The number of aromatic amines is 1. The van der Waals surface area contributed by atoms with E-state index in [0.29, 0.717) is 0 Å². The molecule has 0 saturated carbocycles. The number of nitrogens with one attached hydrogen (secondary N) is 1. The molecule has 0 fully saturated rings. The number of benzene rings is 1. The molecule has 0 radical (unpaired) electrons. The van der Waals surface area contributed by atoms with Crippen LogP contribution in [0.1, 0.15) is 10.4 Å². The van der Waals surface area contributed by atoms with E-state index in [1.165, 1.54) is 0 Å². The minimum absolute atomic E-state index is 0.720. The zero-order chi connectivity index (χ0) is 8.55. The van der Waals surface area contributed by atoms with Crippen LogP contribution in [0.3, 0.4) is 0 Å². The van der Waals surface area contributed by atoms with Gasteiger partial charge in [0.15, 0.2) is 0 Å². The third-order valence-electron chi connectivity index (χ3n) is 1.75. The van der Waals surface area contributed by atoms with Gasteiger partial charge in [-0.2, -0.15) is 0 Å². The summed E-state index contributed by atoms with van der Waals surface area (Å²) in [6.07, 6.45) is 0.860. The lowest BCUT2D eigenvalue weighted by atomic mass is 10.2. The second kappa shape index (κ2) is 2.90. The highest BCUT2D eigenvalue weighted by Gasteiger charge is 1.98. The van der Waals surface area contributed by atoms with Crippen molar-refractivity contribution in [2.45, 2.75) is 0 Å². The molecule has 0 atom stereocenters. The van der Waals surface area contributed by atoms with Crippen LogP contribution in [0.15, 0.2) is 24.3 Å². The van der Waals surface area contributed by atoms with E-state index in [1.807, 2.05) is 24.3 Å². The maximum absolute atomic E-state index is 10.4. The van der Waals surface area contributed by atoms with Crippen LogP contribution >= 0.6 is 22.6 Å². The first-order valence-corrected chi connectivity index (χ1v) is 4.61. The predicted octanol–water partition coefficient (Wildman–Crippen LogP) is 2.59. The number of halogens is 1. The molecule has 0 aliphatic rings. The molecule has 1 heterocycles. The number of aldehydes is 1. The fourth-order valence-electron chi connectivity index (χ4n) is 1.19. The van der Waals surface area contributed by atoms with Gasteiger partial charge in [-0.1, -0.05) is 0 Å². The molecule has 0 saturated heterocycles. The van der Waals surface area contributed by atoms with Crippen molar-refractivity contribution in [2.24, 2.45) is 0 Å². The molecule has 3 heteroatoms. The maximum atomic E-state index is 10.4. The van der Waals surface area contributed by atoms with Gasteiger partial charge in [0.05, 0.1) is 3.70 Å². The smallest absolute Gasteiger partial charge is 0.150 e. The molecule has 1 aromatic carbocycles. The van der Waals surface area contributed by atoms with Gasteiger partial charge in [0, 0.05) is 16.5 Å². The lowest BCUT2D eigenvalue weighted by Gasteiger charge is -1.89. The fraction of sp³-hybridized carbons (Fsp3) is 0. The predicted molar refractivity (Wildman–Crippen MR) is 56.4 cm³/mol. The highest BCUT2D eigenvalue weighted by Crippen LogP contribution is 2.17. The molecule has 0 spiro atoms. The minimum atomic E-state index is 0.720. The summed E-state index contributed by atoms with van der Waals surface area (Å²) in [6.45, 7) is 0. The van der Waals surface area contributed by atoms with E-state index in [0.717, 1.165) is 26.5 Å². The van der Waals surface area contributed by atoms with Gasteiger partial charge in [0.25, 0.3) is 0 Å². The molecule has 2 nitrogen and oxygen atoms in total. The highest BCUT2D eigenvalue weighted by atomic mass is 127. The van der Waals surface area contributed by atoms with Gasteiger partial charge in [-0.05, 0) is 46.9 Å². The zero-order valence-corrected chi connectivity index (χ0v) is 8.33. The number of hydrogen-bond donors (Lipinski definition) is 1. The molecular formula is C9H6INO.